The zero-order valence-corrected chi connectivity index (χ0v) is 11.7. The molecule has 0 aromatic heterocycles. The number of carbonyl (C=O) groups is 2. The minimum Gasteiger partial charge on any atom is -1.00 e. The molecule has 0 bridgehead atoms. The van der Waals surface area contributed by atoms with Gasteiger partial charge in [0.1, 0.15) is 4.91 Å². The van der Waals surface area contributed by atoms with Gasteiger partial charge >= 0.3 is 29.6 Å². The number of carbonyl (C=O) groups excluding carboxylic acids is 2. The number of rotatable bonds is 1. The van der Waals surface area contributed by atoms with E-state index < -0.39 is 26.6 Å². The van der Waals surface area contributed by atoms with Crippen LogP contribution in [0.4, 0.5) is 0 Å². The summed E-state index contributed by atoms with van der Waals surface area (Å²) in [7, 11) is -4.51. The fourth-order valence-electron chi connectivity index (χ4n) is 1.50. The first kappa shape index (κ1) is 14.3. The van der Waals surface area contributed by atoms with E-state index in [1.165, 1.54) is 24.3 Å². The summed E-state index contributed by atoms with van der Waals surface area (Å²) in [5, 5.41) is 0. The molecule has 0 heterocycles. The Hall–Kier alpha value is -0.790. The van der Waals surface area contributed by atoms with Crippen LogP contribution in [-0.4, -0.2) is 24.5 Å². The van der Waals surface area contributed by atoms with Crippen molar-refractivity contribution in [3.05, 3.63) is 41.5 Å². The van der Waals surface area contributed by atoms with Gasteiger partial charge in [0.25, 0.3) is 10.1 Å². The maximum absolute atomic E-state index is 11.4. The van der Waals surface area contributed by atoms with E-state index in [1.54, 1.807) is 0 Å². The first-order valence-electron chi connectivity index (χ1n) is 4.28. The summed E-state index contributed by atoms with van der Waals surface area (Å²) in [6.07, 6.45) is 0.639. The predicted molar refractivity (Wildman–Crippen MR) is 56.4 cm³/mol. The number of fused-ring (bicyclic) bond motifs is 1. The van der Waals surface area contributed by atoms with Crippen LogP contribution in [0.25, 0.3) is 4.91 Å². The van der Waals surface area contributed by atoms with Crippen LogP contribution in [0.3, 0.4) is 0 Å². The van der Waals surface area contributed by atoms with Crippen molar-refractivity contribution in [1.82, 2.24) is 0 Å². The molecule has 17 heavy (non-hydrogen) atoms. The van der Waals surface area contributed by atoms with Gasteiger partial charge in [-0.05, 0) is 0 Å². The Kier molecular flexibility index (Phi) is 4.06. The fourth-order valence-corrected chi connectivity index (χ4v) is 2.22. The van der Waals surface area contributed by atoms with Gasteiger partial charge in [-0.25, -0.2) is 0 Å². The zero-order chi connectivity index (χ0) is 11.9. The second kappa shape index (κ2) is 4.83. The Bertz CT molecular complexity index is 635. The Labute approximate surface area is 121 Å². The van der Waals surface area contributed by atoms with Crippen molar-refractivity contribution in [3.63, 3.8) is 0 Å². The zero-order valence-electron chi connectivity index (χ0n) is 9.88. The van der Waals surface area contributed by atoms with E-state index in [2.05, 4.69) is 0 Å². The quantitative estimate of drug-likeness (QED) is 0.352. The van der Waals surface area contributed by atoms with Crippen molar-refractivity contribution in [1.29, 1.82) is 0 Å². The first-order chi connectivity index (χ1) is 7.41. The molecule has 84 valence electrons. The second-order valence-electron chi connectivity index (χ2n) is 3.22. The maximum Gasteiger partial charge on any atom is 1.00 e. The second-order valence-corrected chi connectivity index (χ2v) is 4.61. The normalized spacial score (nSPS) is 14.8. The maximum atomic E-state index is 11.4. The summed E-state index contributed by atoms with van der Waals surface area (Å²) in [5.41, 5.74) is 0.0391. The Balaban J connectivity index is 0.00000144. The van der Waals surface area contributed by atoms with Crippen LogP contribution in [0, 0.1) is 0 Å². The third-order valence-electron chi connectivity index (χ3n) is 2.20. The van der Waals surface area contributed by atoms with Crippen LogP contribution in [0.5, 0.6) is 0 Å². The van der Waals surface area contributed by atoms with Crippen LogP contribution in [0.2, 0.25) is 0 Å². The molecule has 1 aliphatic rings. The van der Waals surface area contributed by atoms with Crippen LogP contribution >= 0.6 is 0 Å². The standard InChI is InChI=1S/C10H6O5S.Na.H/c11-8-5-9(16(13,14)15)6-3-1-2-4-7(6)10(8)12;;/h1-5H,(H,13,14,15);;/q;+1;-1. The van der Waals surface area contributed by atoms with E-state index >= 15 is 0 Å². The van der Waals surface area contributed by atoms with Gasteiger partial charge in [-0.2, -0.15) is 8.42 Å². The summed E-state index contributed by atoms with van der Waals surface area (Å²) in [5.74, 6) is -1.73. The summed E-state index contributed by atoms with van der Waals surface area (Å²) in [4.78, 5) is 22.1. The van der Waals surface area contributed by atoms with Gasteiger partial charge in [0.2, 0.25) is 11.6 Å². The number of allylic oxidation sites excluding steroid dienone is 1. The number of benzene rings is 1. The molecule has 1 aliphatic carbocycles. The molecule has 1 aromatic carbocycles. The third-order valence-corrected chi connectivity index (χ3v) is 3.09. The van der Waals surface area contributed by atoms with Crippen molar-refractivity contribution < 1.29 is 53.5 Å². The molecule has 0 saturated heterocycles. The summed E-state index contributed by atoms with van der Waals surface area (Å²) >= 11 is 0. The summed E-state index contributed by atoms with van der Waals surface area (Å²) in [6.45, 7) is 0. The van der Waals surface area contributed by atoms with Crippen molar-refractivity contribution in [2.24, 2.45) is 0 Å². The number of Topliss-reactive ketones (excluding diaryl/α,β-unsaturated/α-hetero) is 1. The number of hydrogen-bond donors (Lipinski definition) is 1. The molecule has 1 N–H and O–H groups in total. The summed E-state index contributed by atoms with van der Waals surface area (Å²) < 4.78 is 31.0. The molecule has 5 nitrogen and oxygen atoms in total. The van der Waals surface area contributed by atoms with Gasteiger partial charge in [0, 0.05) is 17.2 Å². The van der Waals surface area contributed by atoms with Gasteiger partial charge < -0.3 is 1.43 Å². The molecule has 0 unspecified atom stereocenters. The monoisotopic (exact) mass is 262 g/mol. The molecule has 7 heteroatoms. The molecule has 0 amide bonds. The van der Waals surface area contributed by atoms with Crippen molar-refractivity contribution in [2.75, 3.05) is 0 Å². The number of hydrogen-bond acceptors (Lipinski definition) is 4. The minimum atomic E-state index is -4.51. The molecule has 2 rings (SSSR count). The van der Waals surface area contributed by atoms with Crippen molar-refractivity contribution in [3.8, 4) is 0 Å². The van der Waals surface area contributed by atoms with E-state index in [-0.39, 0.29) is 42.1 Å². The van der Waals surface area contributed by atoms with Crippen LogP contribution < -0.4 is 29.6 Å². The largest absolute Gasteiger partial charge is 1.00 e. The number of ketones is 2. The predicted octanol–water partition coefficient (Wildman–Crippen LogP) is -2.20. The first-order valence-corrected chi connectivity index (χ1v) is 5.72. The molecule has 1 aromatic rings. The molecule has 0 saturated carbocycles. The van der Waals surface area contributed by atoms with E-state index in [1.807, 2.05) is 0 Å². The van der Waals surface area contributed by atoms with Gasteiger partial charge in [-0.3, -0.25) is 14.1 Å². The molecular weight excluding hydrogens is 255 g/mol. The van der Waals surface area contributed by atoms with E-state index in [4.69, 9.17) is 4.55 Å². The van der Waals surface area contributed by atoms with Gasteiger partial charge in [-0.15, -0.1) is 0 Å². The minimum absolute atomic E-state index is 0. The average molecular weight is 262 g/mol. The Morgan fingerprint density at radius 3 is 2.12 bits per heavy atom. The van der Waals surface area contributed by atoms with Crippen LogP contribution in [0.1, 0.15) is 17.3 Å². The molecular formula is C10H7NaO5S. The Morgan fingerprint density at radius 1 is 1.06 bits per heavy atom. The van der Waals surface area contributed by atoms with Gasteiger partial charge in [0.05, 0.1) is 0 Å². The van der Waals surface area contributed by atoms with E-state index in [0.29, 0.717) is 6.08 Å². The van der Waals surface area contributed by atoms with Gasteiger partial charge in [0.15, 0.2) is 0 Å². The molecule has 0 fully saturated rings. The topological polar surface area (TPSA) is 88.5 Å². The summed E-state index contributed by atoms with van der Waals surface area (Å²) in [6, 6.07) is 5.73. The van der Waals surface area contributed by atoms with Crippen molar-refractivity contribution >= 4 is 26.6 Å². The van der Waals surface area contributed by atoms with E-state index in [0.717, 1.165) is 0 Å². The van der Waals surface area contributed by atoms with E-state index in [9.17, 15) is 18.0 Å². The molecule has 0 atom stereocenters. The Morgan fingerprint density at radius 2 is 1.59 bits per heavy atom. The fraction of sp³-hybridized carbons (Fsp3) is 0. The molecule has 0 spiro atoms. The average Bonchev–Trinajstić information content (AvgIpc) is 2.22. The smallest absolute Gasteiger partial charge is 1.00 e. The van der Waals surface area contributed by atoms with Gasteiger partial charge in [-0.1, -0.05) is 24.3 Å². The molecule has 0 radical (unpaired) electrons. The van der Waals surface area contributed by atoms with Crippen molar-refractivity contribution in [2.45, 2.75) is 0 Å². The third kappa shape index (κ3) is 2.56. The van der Waals surface area contributed by atoms with Crippen LogP contribution in [0.15, 0.2) is 30.3 Å². The van der Waals surface area contributed by atoms with Crippen LogP contribution in [-0.2, 0) is 14.9 Å². The molecule has 0 aliphatic heterocycles. The SMILES string of the molecule is O=C1C=C(S(=O)(=O)O)c2ccccc2C1=O.[H-].[Na+].